The number of primary amides is 1. The summed E-state index contributed by atoms with van der Waals surface area (Å²) < 4.78 is 0. The molecule has 0 bridgehead atoms. The molecule has 0 spiro atoms. The van der Waals surface area contributed by atoms with Gasteiger partial charge in [0.05, 0.1) is 5.56 Å². The van der Waals surface area contributed by atoms with Gasteiger partial charge in [0, 0.05) is 6.04 Å². The third-order valence-electron chi connectivity index (χ3n) is 1.81. The van der Waals surface area contributed by atoms with E-state index in [1.165, 1.54) is 12.1 Å². The highest BCUT2D eigenvalue weighted by atomic mass is 16.3. The number of nitrogens with two attached hydrogens (primary N) is 2. The molecule has 0 saturated heterocycles. The third-order valence-corrected chi connectivity index (χ3v) is 1.81. The largest absolute Gasteiger partial charge is 0.507 e. The summed E-state index contributed by atoms with van der Waals surface area (Å²) >= 11 is 0. The molecule has 1 aromatic rings. The molecule has 4 heteroatoms. The van der Waals surface area contributed by atoms with Gasteiger partial charge in [-0.3, -0.25) is 4.79 Å². The fourth-order valence-corrected chi connectivity index (χ4v) is 1.03. The smallest absolute Gasteiger partial charge is 0.252 e. The minimum absolute atomic E-state index is 0.106. The van der Waals surface area contributed by atoms with Crippen molar-refractivity contribution in [2.45, 2.75) is 13.0 Å². The Morgan fingerprint density at radius 3 is 2.62 bits per heavy atom. The lowest BCUT2D eigenvalue weighted by Gasteiger charge is -2.07. The van der Waals surface area contributed by atoms with Crippen molar-refractivity contribution in [2.75, 3.05) is 0 Å². The number of carbonyl (C=O) groups is 1. The van der Waals surface area contributed by atoms with Crippen LogP contribution in [0.15, 0.2) is 18.2 Å². The molecular weight excluding hydrogens is 168 g/mol. The molecule has 0 saturated carbocycles. The van der Waals surface area contributed by atoms with Gasteiger partial charge in [0.1, 0.15) is 5.75 Å². The minimum atomic E-state index is -0.653. The van der Waals surface area contributed by atoms with Gasteiger partial charge in [-0.25, -0.2) is 0 Å². The van der Waals surface area contributed by atoms with E-state index in [2.05, 4.69) is 0 Å². The van der Waals surface area contributed by atoms with Gasteiger partial charge in [-0.15, -0.1) is 0 Å². The first-order valence-electron chi connectivity index (χ1n) is 3.90. The van der Waals surface area contributed by atoms with Gasteiger partial charge in [0.25, 0.3) is 5.91 Å². The van der Waals surface area contributed by atoms with E-state index < -0.39 is 5.91 Å². The molecule has 1 rings (SSSR count). The Labute approximate surface area is 76.2 Å². The molecule has 0 unspecified atom stereocenters. The van der Waals surface area contributed by atoms with Crippen LogP contribution in [0.2, 0.25) is 0 Å². The minimum Gasteiger partial charge on any atom is -0.507 e. The van der Waals surface area contributed by atoms with Crippen molar-refractivity contribution in [1.29, 1.82) is 0 Å². The Hall–Kier alpha value is -1.55. The van der Waals surface area contributed by atoms with Crippen molar-refractivity contribution < 1.29 is 9.90 Å². The van der Waals surface area contributed by atoms with E-state index >= 15 is 0 Å². The SMILES string of the molecule is C[C@@H](N)c1ccc(O)c(C(N)=O)c1. The van der Waals surface area contributed by atoms with E-state index in [1.54, 1.807) is 13.0 Å². The molecule has 1 aromatic carbocycles. The zero-order valence-corrected chi connectivity index (χ0v) is 7.32. The second kappa shape index (κ2) is 3.45. The van der Waals surface area contributed by atoms with E-state index in [-0.39, 0.29) is 17.4 Å². The van der Waals surface area contributed by atoms with Crippen LogP contribution in [-0.4, -0.2) is 11.0 Å². The number of benzene rings is 1. The first kappa shape index (κ1) is 9.54. The van der Waals surface area contributed by atoms with Gasteiger partial charge in [0.2, 0.25) is 0 Å². The van der Waals surface area contributed by atoms with Crippen LogP contribution in [0.1, 0.15) is 28.9 Å². The van der Waals surface area contributed by atoms with E-state index in [9.17, 15) is 9.90 Å². The zero-order valence-electron chi connectivity index (χ0n) is 7.32. The molecule has 0 aliphatic heterocycles. The van der Waals surface area contributed by atoms with E-state index in [0.29, 0.717) is 0 Å². The highest BCUT2D eigenvalue weighted by Gasteiger charge is 2.09. The molecular formula is C9H12N2O2. The molecule has 5 N–H and O–H groups in total. The van der Waals surface area contributed by atoms with Crippen molar-refractivity contribution in [2.24, 2.45) is 11.5 Å². The summed E-state index contributed by atoms with van der Waals surface area (Å²) in [6, 6.07) is 4.40. The van der Waals surface area contributed by atoms with Crippen LogP contribution in [0.4, 0.5) is 0 Å². The fourth-order valence-electron chi connectivity index (χ4n) is 1.03. The lowest BCUT2D eigenvalue weighted by Crippen LogP contribution is -2.13. The quantitative estimate of drug-likeness (QED) is 0.619. The first-order chi connectivity index (χ1) is 6.02. The number of phenols is 1. The number of rotatable bonds is 2. The maximum Gasteiger partial charge on any atom is 0.252 e. The standard InChI is InChI=1S/C9H12N2O2/c1-5(10)6-2-3-8(12)7(4-6)9(11)13/h2-5,12H,10H2,1H3,(H2,11,13)/t5-/m1/s1. The van der Waals surface area contributed by atoms with Gasteiger partial charge >= 0.3 is 0 Å². The Morgan fingerprint density at radius 2 is 2.15 bits per heavy atom. The molecule has 0 aliphatic carbocycles. The van der Waals surface area contributed by atoms with Crippen LogP contribution < -0.4 is 11.5 Å². The van der Waals surface area contributed by atoms with Crippen LogP contribution in [-0.2, 0) is 0 Å². The van der Waals surface area contributed by atoms with Gasteiger partial charge in [0.15, 0.2) is 0 Å². The van der Waals surface area contributed by atoms with Crippen molar-refractivity contribution in [3.63, 3.8) is 0 Å². The molecule has 70 valence electrons. The molecule has 0 radical (unpaired) electrons. The predicted octanol–water partition coefficient (Wildman–Crippen LogP) is 0.511. The molecule has 1 amide bonds. The summed E-state index contributed by atoms with van der Waals surface area (Å²) in [4.78, 5) is 10.8. The summed E-state index contributed by atoms with van der Waals surface area (Å²) in [7, 11) is 0. The number of hydrogen-bond donors (Lipinski definition) is 3. The summed E-state index contributed by atoms with van der Waals surface area (Å²) in [6.45, 7) is 1.79. The molecule has 4 nitrogen and oxygen atoms in total. The summed E-state index contributed by atoms with van der Waals surface area (Å²) in [5.74, 6) is -0.767. The van der Waals surface area contributed by atoms with E-state index in [1.807, 2.05) is 0 Å². The van der Waals surface area contributed by atoms with Gasteiger partial charge in [-0.05, 0) is 24.6 Å². The lowest BCUT2D eigenvalue weighted by atomic mass is 10.0. The Balaban J connectivity index is 3.19. The average Bonchev–Trinajstić information content (AvgIpc) is 2.04. The Kier molecular flexibility index (Phi) is 2.53. The van der Waals surface area contributed by atoms with E-state index in [4.69, 9.17) is 11.5 Å². The number of amides is 1. The predicted molar refractivity (Wildman–Crippen MR) is 49.2 cm³/mol. The van der Waals surface area contributed by atoms with Crippen LogP contribution >= 0.6 is 0 Å². The molecule has 13 heavy (non-hydrogen) atoms. The highest BCUT2D eigenvalue weighted by Crippen LogP contribution is 2.20. The summed E-state index contributed by atoms with van der Waals surface area (Å²) in [5, 5.41) is 9.25. The normalized spacial score (nSPS) is 12.5. The highest BCUT2D eigenvalue weighted by molar-refractivity contribution is 5.95. The lowest BCUT2D eigenvalue weighted by molar-refractivity contribution is 0.0997. The molecule has 1 atom stereocenters. The van der Waals surface area contributed by atoms with Gasteiger partial charge in [-0.2, -0.15) is 0 Å². The summed E-state index contributed by atoms with van der Waals surface area (Å²) in [6.07, 6.45) is 0. The van der Waals surface area contributed by atoms with Crippen LogP contribution in [0, 0.1) is 0 Å². The Bertz CT molecular complexity index is 334. The number of aromatic hydroxyl groups is 1. The van der Waals surface area contributed by atoms with Crippen molar-refractivity contribution in [3.05, 3.63) is 29.3 Å². The molecule has 0 aromatic heterocycles. The number of carbonyl (C=O) groups excluding carboxylic acids is 1. The average molecular weight is 180 g/mol. The van der Waals surface area contributed by atoms with Crippen molar-refractivity contribution in [3.8, 4) is 5.75 Å². The maximum atomic E-state index is 10.8. The van der Waals surface area contributed by atoms with Gasteiger partial charge < -0.3 is 16.6 Å². The zero-order chi connectivity index (χ0) is 10.0. The maximum absolute atomic E-state index is 10.8. The molecule has 0 heterocycles. The molecule has 0 aliphatic rings. The number of hydrogen-bond acceptors (Lipinski definition) is 3. The second-order valence-electron chi connectivity index (χ2n) is 2.93. The topological polar surface area (TPSA) is 89.3 Å². The second-order valence-corrected chi connectivity index (χ2v) is 2.93. The van der Waals surface area contributed by atoms with Crippen LogP contribution in [0.3, 0.4) is 0 Å². The monoisotopic (exact) mass is 180 g/mol. The Morgan fingerprint density at radius 1 is 1.54 bits per heavy atom. The molecule has 0 fully saturated rings. The fraction of sp³-hybridized carbons (Fsp3) is 0.222. The first-order valence-corrected chi connectivity index (χ1v) is 3.90. The van der Waals surface area contributed by atoms with Crippen LogP contribution in [0.25, 0.3) is 0 Å². The van der Waals surface area contributed by atoms with E-state index in [0.717, 1.165) is 5.56 Å². The van der Waals surface area contributed by atoms with Crippen LogP contribution in [0.5, 0.6) is 5.75 Å². The third kappa shape index (κ3) is 1.97. The van der Waals surface area contributed by atoms with Crippen molar-refractivity contribution in [1.82, 2.24) is 0 Å². The van der Waals surface area contributed by atoms with Gasteiger partial charge in [-0.1, -0.05) is 6.07 Å². The summed E-state index contributed by atoms with van der Waals surface area (Å²) in [5.41, 5.74) is 11.5. The van der Waals surface area contributed by atoms with Crippen molar-refractivity contribution >= 4 is 5.91 Å².